The zero-order valence-corrected chi connectivity index (χ0v) is 15.8. The van der Waals surface area contributed by atoms with E-state index in [9.17, 15) is 0 Å². The first kappa shape index (κ1) is 17.5. The quantitative estimate of drug-likeness (QED) is 0.360. The van der Waals surface area contributed by atoms with Gasteiger partial charge in [0.1, 0.15) is 0 Å². The molecule has 0 unspecified atom stereocenters. The Bertz CT molecular complexity index is 909. The van der Waals surface area contributed by atoms with Gasteiger partial charge in [0, 0.05) is 13.6 Å². The molecule has 3 aromatic rings. The molecular weight excluding hydrogens is 386 g/mol. The second kappa shape index (κ2) is 7.28. The van der Waals surface area contributed by atoms with Gasteiger partial charge in [-0.2, -0.15) is 0 Å². The molecule has 3 aromatic carbocycles. The van der Waals surface area contributed by atoms with Gasteiger partial charge in [-0.1, -0.05) is 82.8 Å². The summed E-state index contributed by atoms with van der Waals surface area (Å²) in [5.41, 5.74) is 2.37. The number of hydrogen-bond acceptors (Lipinski definition) is 2. The van der Waals surface area contributed by atoms with Crippen LogP contribution in [0.4, 0.5) is 11.4 Å². The first-order valence-electron chi connectivity index (χ1n) is 7.28. The Hall–Kier alpha value is -1.32. The monoisotopic (exact) mass is 398 g/mol. The summed E-state index contributed by atoms with van der Waals surface area (Å²) >= 11 is 24.9. The van der Waals surface area contributed by atoms with Crippen LogP contribution in [-0.2, 0) is 6.54 Å². The number of rotatable bonds is 4. The van der Waals surface area contributed by atoms with Crippen molar-refractivity contribution in [3.8, 4) is 0 Å². The molecule has 2 N–H and O–H groups in total. The summed E-state index contributed by atoms with van der Waals surface area (Å²) in [7, 11) is 1.75. The molecule has 0 spiro atoms. The third kappa shape index (κ3) is 3.25. The van der Waals surface area contributed by atoms with Crippen molar-refractivity contribution in [3.05, 3.63) is 68.1 Å². The van der Waals surface area contributed by atoms with Crippen LogP contribution in [0.2, 0.25) is 20.1 Å². The Morgan fingerprint density at radius 1 is 0.750 bits per heavy atom. The third-order valence-corrected chi connectivity index (χ3v) is 5.60. The Labute approximate surface area is 160 Å². The number of nitrogens with one attached hydrogen (secondary N) is 2. The SMILES string of the molecule is CNc1c(Cl)c(Cl)c(Cl)c(Cl)c1NCc1ccc2ccccc2c1. The van der Waals surface area contributed by atoms with Crippen LogP contribution in [0.3, 0.4) is 0 Å². The number of anilines is 2. The van der Waals surface area contributed by atoms with E-state index in [1.54, 1.807) is 7.05 Å². The molecule has 0 heterocycles. The van der Waals surface area contributed by atoms with Gasteiger partial charge in [-0.15, -0.1) is 0 Å². The second-order valence-corrected chi connectivity index (χ2v) is 6.80. The van der Waals surface area contributed by atoms with Crippen molar-refractivity contribution in [3.63, 3.8) is 0 Å². The van der Waals surface area contributed by atoms with E-state index < -0.39 is 0 Å². The highest BCUT2D eigenvalue weighted by Crippen LogP contribution is 2.47. The molecule has 0 bridgehead atoms. The fraction of sp³-hybridized carbons (Fsp3) is 0.111. The predicted octanol–water partition coefficient (Wildman–Crippen LogP) is 7.11. The molecule has 0 amide bonds. The van der Waals surface area contributed by atoms with E-state index in [1.165, 1.54) is 10.8 Å². The van der Waals surface area contributed by atoms with Crippen molar-refractivity contribution in [2.45, 2.75) is 6.54 Å². The Kier molecular flexibility index (Phi) is 5.31. The molecule has 0 atom stereocenters. The minimum absolute atomic E-state index is 0.239. The van der Waals surface area contributed by atoms with Gasteiger partial charge >= 0.3 is 0 Å². The molecule has 0 radical (unpaired) electrons. The predicted molar refractivity (Wildman–Crippen MR) is 107 cm³/mol. The van der Waals surface area contributed by atoms with Crippen LogP contribution in [0.25, 0.3) is 10.8 Å². The van der Waals surface area contributed by atoms with E-state index >= 15 is 0 Å². The van der Waals surface area contributed by atoms with Gasteiger partial charge in [-0.25, -0.2) is 0 Å². The summed E-state index contributed by atoms with van der Waals surface area (Å²) in [6, 6.07) is 14.5. The Morgan fingerprint density at radius 3 is 2.04 bits per heavy atom. The highest BCUT2D eigenvalue weighted by Gasteiger charge is 2.19. The zero-order valence-electron chi connectivity index (χ0n) is 12.8. The summed E-state index contributed by atoms with van der Waals surface area (Å²) in [6.07, 6.45) is 0. The summed E-state index contributed by atoms with van der Waals surface area (Å²) in [6.45, 7) is 0.577. The summed E-state index contributed by atoms with van der Waals surface area (Å²) in [5, 5.41) is 9.87. The van der Waals surface area contributed by atoms with E-state index in [-0.39, 0.29) is 10.0 Å². The lowest BCUT2D eigenvalue weighted by Crippen LogP contribution is -2.05. The highest BCUT2D eigenvalue weighted by atomic mass is 35.5. The average molecular weight is 400 g/mol. The van der Waals surface area contributed by atoms with Crippen molar-refractivity contribution in [1.29, 1.82) is 0 Å². The minimum atomic E-state index is 0.239. The lowest BCUT2D eigenvalue weighted by Gasteiger charge is -2.18. The van der Waals surface area contributed by atoms with Gasteiger partial charge in [0.2, 0.25) is 0 Å². The van der Waals surface area contributed by atoms with Crippen molar-refractivity contribution in [2.24, 2.45) is 0 Å². The van der Waals surface area contributed by atoms with Gasteiger partial charge in [-0.3, -0.25) is 0 Å². The van der Waals surface area contributed by atoms with Gasteiger partial charge in [-0.05, 0) is 22.4 Å². The van der Waals surface area contributed by atoms with Crippen LogP contribution >= 0.6 is 46.4 Å². The molecule has 3 rings (SSSR count). The van der Waals surface area contributed by atoms with Crippen molar-refractivity contribution in [2.75, 3.05) is 17.7 Å². The maximum absolute atomic E-state index is 6.34. The van der Waals surface area contributed by atoms with E-state index in [4.69, 9.17) is 46.4 Å². The molecule has 0 saturated heterocycles. The number of fused-ring (bicyclic) bond motifs is 1. The zero-order chi connectivity index (χ0) is 17.3. The standard InChI is InChI=1S/C18H14Cl4N2/c1-23-17-15(21)13(19)14(20)16(22)18(17)24-9-10-6-7-11-4-2-3-5-12(11)8-10/h2-8,23-24H,9H2,1H3. The minimum Gasteiger partial charge on any atom is -0.385 e. The van der Waals surface area contributed by atoms with E-state index in [2.05, 4.69) is 41.0 Å². The van der Waals surface area contributed by atoms with Crippen LogP contribution < -0.4 is 10.6 Å². The molecule has 0 aliphatic carbocycles. The van der Waals surface area contributed by atoms with Gasteiger partial charge < -0.3 is 10.6 Å². The summed E-state index contributed by atoms with van der Waals surface area (Å²) in [4.78, 5) is 0. The highest BCUT2D eigenvalue weighted by molar-refractivity contribution is 6.54. The van der Waals surface area contributed by atoms with Crippen LogP contribution in [0.5, 0.6) is 0 Å². The maximum atomic E-state index is 6.34. The first-order chi connectivity index (χ1) is 11.5. The molecule has 0 saturated carbocycles. The number of hydrogen-bond donors (Lipinski definition) is 2. The normalized spacial score (nSPS) is 10.9. The lowest BCUT2D eigenvalue weighted by molar-refractivity contribution is 1.15. The van der Waals surface area contributed by atoms with E-state index in [1.807, 2.05) is 12.1 Å². The summed E-state index contributed by atoms with van der Waals surface area (Å²) < 4.78 is 0. The average Bonchev–Trinajstić information content (AvgIpc) is 2.61. The van der Waals surface area contributed by atoms with Crippen molar-refractivity contribution in [1.82, 2.24) is 0 Å². The molecule has 2 nitrogen and oxygen atoms in total. The number of halogens is 4. The maximum Gasteiger partial charge on any atom is 0.0861 e. The van der Waals surface area contributed by atoms with Gasteiger partial charge in [0.15, 0.2) is 0 Å². The Morgan fingerprint density at radius 2 is 1.38 bits per heavy atom. The molecule has 6 heteroatoms. The molecule has 0 aromatic heterocycles. The lowest BCUT2D eigenvalue weighted by atomic mass is 10.1. The first-order valence-corrected chi connectivity index (χ1v) is 8.79. The molecule has 24 heavy (non-hydrogen) atoms. The van der Waals surface area contributed by atoms with Crippen molar-refractivity contribution < 1.29 is 0 Å². The Balaban J connectivity index is 1.93. The molecule has 0 fully saturated rings. The van der Waals surface area contributed by atoms with E-state index in [0.29, 0.717) is 28.0 Å². The summed E-state index contributed by atoms with van der Waals surface area (Å²) in [5.74, 6) is 0. The largest absolute Gasteiger partial charge is 0.385 e. The molecule has 0 aliphatic heterocycles. The number of benzene rings is 3. The van der Waals surface area contributed by atoms with Crippen LogP contribution in [0, 0.1) is 0 Å². The van der Waals surface area contributed by atoms with Crippen LogP contribution in [0.15, 0.2) is 42.5 Å². The topological polar surface area (TPSA) is 24.1 Å². The molecule has 124 valence electrons. The van der Waals surface area contributed by atoms with Crippen LogP contribution in [0.1, 0.15) is 5.56 Å². The molecular formula is C18H14Cl4N2. The van der Waals surface area contributed by atoms with Crippen molar-refractivity contribution >= 4 is 68.6 Å². The smallest absolute Gasteiger partial charge is 0.0861 e. The fourth-order valence-electron chi connectivity index (χ4n) is 2.57. The van der Waals surface area contributed by atoms with Gasteiger partial charge in [0.05, 0.1) is 31.5 Å². The fourth-order valence-corrected chi connectivity index (χ4v) is 3.59. The second-order valence-electron chi connectivity index (χ2n) is 5.29. The van der Waals surface area contributed by atoms with Gasteiger partial charge in [0.25, 0.3) is 0 Å². The third-order valence-electron chi connectivity index (χ3n) is 3.80. The van der Waals surface area contributed by atoms with E-state index in [0.717, 1.165) is 5.56 Å². The molecule has 0 aliphatic rings. The van der Waals surface area contributed by atoms with Crippen LogP contribution in [-0.4, -0.2) is 7.05 Å².